The number of rotatable bonds is 3. The van der Waals surface area contributed by atoms with Gasteiger partial charge >= 0.3 is 0 Å². The number of amides is 1. The highest BCUT2D eigenvalue weighted by atomic mass is 16.6. The first-order chi connectivity index (χ1) is 12.4. The molecule has 0 unspecified atom stereocenters. The standard InChI is InChI=1S/C20H20N2O4/c1-12-9-14(22(24)25)10-13(2)18(12)26-15-5-6-17-16(11-15)20(19(23)21-17)7-3-4-8-20/h5-6,9-11H,3-4,7-8H2,1-2H3,(H,21,23). The number of nitro benzene ring substituents is 1. The van der Waals surface area contributed by atoms with Crippen molar-refractivity contribution in [3.8, 4) is 11.5 Å². The van der Waals surface area contributed by atoms with E-state index in [9.17, 15) is 14.9 Å². The third-order valence-corrected chi connectivity index (χ3v) is 5.52. The number of aryl methyl sites for hydroxylation is 2. The number of carbonyl (C=O) groups excluding carboxylic acids is 1. The van der Waals surface area contributed by atoms with E-state index in [0.29, 0.717) is 22.6 Å². The maximum absolute atomic E-state index is 12.5. The molecule has 2 aromatic carbocycles. The molecule has 134 valence electrons. The van der Waals surface area contributed by atoms with Crippen LogP contribution in [0, 0.1) is 24.0 Å². The molecule has 26 heavy (non-hydrogen) atoms. The Bertz CT molecular complexity index is 906. The Kier molecular flexibility index (Phi) is 3.72. The average molecular weight is 352 g/mol. The lowest BCUT2D eigenvalue weighted by Gasteiger charge is -2.21. The van der Waals surface area contributed by atoms with Crippen LogP contribution in [0.4, 0.5) is 11.4 Å². The fraction of sp³-hybridized carbons (Fsp3) is 0.350. The Labute approximate surface area is 151 Å². The predicted molar refractivity (Wildman–Crippen MR) is 97.9 cm³/mol. The first-order valence-corrected chi connectivity index (χ1v) is 8.80. The van der Waals surface area contributed by atoms with Crippen molar-refractivity contribution >= 4 is 17.3 Å². The molecule has 1 amide bonds. The van der Waals surface area contributed by atoms with Crippen LogP contribution in [0.25, 0.3) is 0 Å². The van der Waals surface area contributed by atoms with Gasteiger partial charge in [-0.1, -0.05) is 12.8 Å². The van der Waals surface area contributed by atoms with Crippen molar-refractivity contribution in [3.05, 3.63) is 57.1 Å². The predicted octanol–water partition coefficient (Wildman–Crippen LogP) is 4.77. The van der Waals surface area contributed by atoms with Gasteiger partial charge in [0.15, 0.2) is 0 Å². The van der Waals surface area contributed by atoms with E-state index in [1.165, 1.54) is 12.1 Å². The van der Waals surface area contributed by atoms with Gasteiger partial charge in [-0.15, -0.1) is 0 Å². The summed E-state index contributed by atoms with van der Waals surface area (Å²) >= 11 is 0. The van der Waals surface area contributed by atoms with Gasteiger partial charge in [0.05, 0.1) is 10.3 Å². The lowest BCUT2D eigenvalue weighted by atomic mass is 9.80. The Morgan fingerprint density at radius 3 is 2.38 bits per heavy atom. The molecular weight excluding hydrogens is 332 g/mol. The van der Waals surface area contributed by atoms with Crippen molar-refractivity contribution in [2.24, 2.45) is 0 Å². The highest BCUT2D eigenvalue weighted by Gasteiger charge is 2.48. The molecule has 1 heterocycles. The molecule has 6 heteroatoms. The minimum absolute atomic E-state index is 0.0565. The quantitative estimate of drug-likeness (QED) is 0.637. The molecule has 4 rings (SSSR count). The van der Waals surface area contributed by atoms with Crippen LogP contribution < -0.4 is 10.1 Å². The van der Waals surface area contributed by atoms with Crippen molar-refractivity contribution in [2.75, 3.05) is 5.32 Å². The molecule has 1 fully saturated rings. The molecule has 1 N–H and O–H groups in total. The van der Waals surface area contributed by atoms with E-state index in [1.807, 2.05) is 18.2 Å². The van der Waals surface area contributed by atoms with Gasteiger partial charge in [-0.3, -0.25) is 14.9 Å². The normalized spacial score (nSPS) is 17.2. The number of anilines is 1. The summed E-state index contributed by atoms with van der Waals surface area (Å²) in [5, 5.41) is 14.0. The molecular formula is C20H20N2O4. The third kappa shape index (κ3) is 2.44. The zero-order valence-corrected chi connectivity index (χ0v) is 14.8. The van der Waals surface area contributed by atoms with Crippen LogP contribution in [0.2, 0.25) is 0 Å². The Balaban J connectivity index is 1.71. The number of benzene rings is 2. The maximum atomic E-state index is 12.5. The van der Waals surface area contributed by atoms with Gasteiger partial charge in [-0.25, -0.2) is 0 Å². The van der Waals surface area contributed by atoms with Gasteiger partial charge in [-0.2, -0.15) is 0 Å². The molecule has 1 aliphatic heterocycles. The number of fused-ring (bicyclic) bond motifs is 2. The van der Waals surface area contributed by atoms with E-state index in [0.717, 1.165) is 36.9 Å². The summed E-state index contributed by atoms with van der Waals surface area (Å²) in [5.74, 6) is 1.35. The number of hydrogen-bond acceptors (Lipinski definition) is 4. The molecule has 1 saturated carbocycles. The second kappa shape index (κ2) is 5.83. The topological polar surface area (TPSA) is 81.5 Å². The summed E-state index contributed by atoms with van der Waals surface area (Å²) in [7, 11) is 0. The minimum atomic E-state index is -0.422. The van der Waals surface area contributed by atoms with Crippen LogP contribution in [-0.2, 0) is 10.2 Å². The molecule has 1 spiro atoms. The second-order valence-corrected chi connectivity index (χ2v) is 7.22. The van der Waals surface area contributed by atoms with Crippen LogP contribution in [0.1, 0.15) is 42.4 Å². The van der Waals surface area contributed by atoms with E-state index in [1.54, 1.807) is 13.8 Å². The van der Waals surface area contributed by atoms with Crippen LogP contribution in [0.5, 0.6) is 11.5 Å². The lowest BCUT2D eigenvalue weighted by Crippen LogP contribution is -2.30. The number of carbonyl (C=O) groups is 1. The monoisotopic (exact) mass is 352 g/mol. The second-order valence-electron chi connectivity index (χ2n) is 7.22. The number of nitrogens with zero attached hydrogens (tertiary/aromatic N) is 1. The molecule has 2 aliphatic rings. The largest absolute Gasteiger partial charge is 0.457 e. The highest BCUT2D eigenvalue weighted by molar-refractivity contribution is 6.06. The minimum Gasteiger partial charge on any atom is -0.457 e. The smallest absolute Gasteiger partial charge is 0.270 e. The summed E-state index contributed by atoms with van der Waals surface area (Å²) in [5.41, 5.74) is 2.93. The number of non-ortho nitro benzene ring substituents is 1. The number of nitrogens with one attached hydrogen (secondary N) is 1. The zero-order chi connectivity index (χ0) is 18.5. The SMILES string of the molecule is Cc1cc([N+](=O)[O-])cc(C)c1Oc1ccc2c(c1)C1(CCCC1)C(=O)N2. The van der Waals surface area contributed by atoms with Crippen molar-refractivity contribution in [2.45, 2.75) is 44.9 Å². The fourth-order valence-corrected chi connectivity index (χ4v) is 4.24. The number of nitro groups is 1. The van der Waals surface area contributed by atoms with Crippen LogP contribution in [0.3, 0.4) is 0 Å². The molecule has 0 saturated heterocycles. The van der Waals surface area contributed by atoms with Gasteiger partial charge in [0.2, 0.25) is 5.91 Å². The molecule has 0 atom stereocenters. The van der Waals surface area contributed by atoms with Gasteiger partial charge < -0.3 is 10.1 Å². The Hall–Kier alpha value is -2.89. The van der Waals surface area contributed by atoms with Crippen molar-refractivity contribution in [3.63, 3.8) is 0 Å². The molecule has 0 aromatic heterocycles. The molecule has 6 nitrogen and oxygen atoms in total. The molecule has 2 aromatic rings. The summed E-state index contributed by atoms with van der Waals surface area (Å²) in [6, 6.07) is 8.68. The summed E-state index contributed by atoms with van der Waals surface area (Å²) in [4.78, 5) is 23.1. The first-order valence-electron chi connectivity index (χ1n) is 8.80. The van der Waals surface area contributed by atoms with Crippen molar-refractivity contribution < 1.29 is 14.5 Å². The maximum Gasteiger partial charge on any atom is 0.270 e. The summed E-state index contributed by atoms with van der Waals surface area (Å²) in [6.07, 6.45) is 3.84. The summed E-state index contributed by atoms with van der Waals surface area (Å²) < 4.78 is 6.08. The first kappa shape index (κ1) is 16.6. The van der Waals surface area contributed by atoms with Crippen LogP contribution in [-0.4, -0.2) is 10.8 Å². The van der Waals surface area contributed by atoms with E-state index >= 15 is 0 Å². The summed E-state index contributed by atoms with van der Waals surface area (Å²) in [6.45, 7) is 3.60. The van der Waals surface area contributed by atoms with Crippen molar-refractivity contribution in [1.82, 2.24) is 0 Å². The third-order valence-electron chi connectivity index (χ3n) is 5.52. The fourth-order valence-electron chi connectivity index (χ4n) is 4.24. The van der Waals surface area contributed by atoms with E-state index in [4.69, 9.17) is 4.74 Å². The van der Waals surface area contributed by atoms with Crippen molar-refractivity contribution in [1.29, 1.82) is 0 Å². The Morgan fingerprint density at radius 1 is 1.12 bits per heavy atom. The molecule has 0 bridgehead atoms. The van der Waals surface area contributed by atoms with E-state index in [2.05, 4.69) is 5.32 Å². The average Bonchev–Trinajstić information content (AvgIpc) is 3.18. The van der Waals surface area contributed by atoms with Gasteiger partial charge in [0.25, 0.3) is 5.69 Å². The van der Waals surface area contributed by atoms with Gasteiger partial charge in [-0.05, 0) is 61.6 Å². The molecule has 0 radical (unpaired) electrons. The zero-order valence-electron chi connectivity index (χ0n) is 14.8. The van der Waals surface area contributed by atoms with E-state index < -0.39 is 10.3 Å². The van der Waals surface area contributed by atoms with E-state index in [-0.39, 0.29) is 11.6 Å². The number of hydrogen-bond donors (Lipinski definition) is 1. The Morgan fingerprint density at radius 2 is 1.77 bits per heavy atom. The van der Waals surface area contributed by atoms with Crippen LogP contribution in [0.15, 0.2) is 30.3 Å². The number of ether oxygens (including phenoxy) is 1. The highest BCUT2D eigenvalue weighted by Crippen LogP contribution is 2.50. The lowest BCUT2D eigenvalue weighted by molar-refractivity contribution is -0.385. The van der Waals surface area contributed by atoms with Gasteiger partial charge in [0.1, 0.15) is 11.5 Å². The van der Waals surface area contributed by atoms with Gasteiger partial charge in [0, 0.05) is 17.8 Å². The van der Waals surface area contributed by atoms with Crippen LogP contribution >= 0.6 is 0 Å². The molecule has 1 aliphatic carbocycles.